The predicted octanol–water partition coefficient (Wildman–Crippen LogP) is 3.43. The van der Waals surface area contributed by atoms with Crippen LogP contribution in [0, 0.1) is 5.82 Å². The normalized spacial score (nSPS) is 13.7. The van der Waals surface area contributed by atoms with E-state index in [1.165, 1.54) is 24.3 Å². The smallest absolute Gasteiger partial charge is 0.258 e. The van der Waals surface area contributed by atoms with Crippen molar-refractivity contribution in [2.45, 2.75) is 12.8 Å². The zero-order valence-electron chi connectivity index (χ0n) is 11.8. The van der Waals surface area contributed by atoms with E-state index in [9.17, 15) is 9.18 Å². The molecule has 0 radical (unpaired) electrons. The van der Waals surface area contributed by atoms with Crippen molar-refractivity contribution < 1.29 is 13.9 Å². The Balaban J connectivity index is 2.01. The molecule has 0 aromatic heterocycles. The molecule has 2 aromatic rings. The van der Waals surface area contributed by atoms with Crippen molar-refractivity contribution in [3.63, 3.8) is 0 Å². The highest BCUT2D eigenvalue weighted by atomic mass is 19.1. The lowest BCUT2D eigenvalue weighted by molar-refractivity contribution is 0.0984. The maximum absolute atomic E-state index is 13.0. The maximum Gasteiger partial charge on any atom is 0.258 e. The van der Waals surface area contributed by atoms with Gasteiger partial charge in [0.2, 0.25) is 0 Å². The molecule has 108 valence electrons. The number of hydrogen-bond donors (Lipinski definition) is 0. The average Bonchev–Trinajstić information content (AvgIpc) is 2.53. The van der Waals surface area contributed by atoms with Crippen molar-refractivity contribution in [1.29, 1.82) is 0 Å². The first-order valence-electron chi connectivity index (χ1n) is 6.94. The molecule has 0 aliphatic carbocycles. The molecule has 1 aliphatic heterocycles. The largest absolute Gasteiger partial charge is 0.495 e. The second-order valence-corrected chi connectivity index (χ2v) is 5.04. The molecule has 1 heterocycles. The highest BCUT2D eigenvalue weighted by Gasteiger charge is 2.26. The fourth-order valence-electron chi connectivity index (χ4n) is 2.73. The van der Waals surface area contributed by atoms with Gasteiger partial charge in [0.1, 0.15) is 11.6 Å². The van der Waals surface area contributed by atoms with Crippen molar-refractivity contribution in [2.24, 2.45) is 0 Å². The van der Waals surface area contributed by atoms with Gasteiger partial charge in [0.25, 0.3) is 5.91 Å². The van der Waals surface area contributed by atoms with Gasteiger partial charge < -0.3 is 9.64 Å². The Hall–Kier alpha value is -2.36. The number of benzene rings is 2. The first-order valence-corrected chi connectivity index (χ1v) is 6.94. The van der Waals surface area contributed by atoms with Crippen LogP contribution in [0.25, 0.3) is 0 Å². The maximum atomic E-state index is 13.0. The lowest BCUT2D eigenvalue weighted by Crippen LogP contribution is -2.35. The summed E-state index contributed by atoms with van der Waals surface area (Å²) in [7, 11) is 1.60. The number of hydrogen-bond acceptors (Lipinski definition) is 2. The summed E-state index contributed by atoms with van der Waals surface area (Å²) in [5.74, 6) is 0.228. The summed E-state index contributed by atoms with van der Waals surface area (Å²) in [6, 6.07) is 11.4. The van der Waals surface area contributed by atoms with E-state index in [4.69, 9.17) is 4.74 Å². The van der Waals surface area contributed by atoms with Crippen LogP contribution in [0.5, 0.6) is 5.75 Å². The minimum Gasteiger partial charge on any atom is -0.495 e. The number of methoxy groups -OCH3 is 1. The van der Waals surface area contributed by atoms with Gasteiger partial charge in [-0.3, -0.25) is 4.79 Å². The van der Waals surface area contributed by atoms with Gasteiger partial charge in [-0.15, -0.1) is 0 Å². The zero-order valence-corrected chi connectivity index (χ0v) is 11.8. The highest BCUT2D eigenvalue weighted by molar-refractivity contribution is 6.07. The van der Waals surface area contributed by atoms with E-state index >= 15 is 0 Å². The Morgan fingerprint density at radius 2 is 1.95 bits per heavy atom. The molecular weight excluding hydrogens is 269 g/mol. The average molecular weight is 285 g/mol. The third-order valence-electron chi connectivity index (χ3n) is 3.74. The fourth-order valence-corrected chi connectivity index (χ4v) is 2.73. The van der Waals surface area contributed by atoms with E-state index in [1.807, 2.05) is 18.2 Å². The first-order chi connectivity index (χ1) is 10.2. The van der Waals surface area contributed by atoms with Crippen LogP contribution in [0.1, 0.15) is 22.3 Å². The Kier molecular flexibility index (Phi) is 3.60. The number of ether oxygens (including phenoxy) is 1. The van der Waals surface area contributed by atoms with Crippen LogP contribution in [-0.2, 0) is 6.42 Å². The van der Waals surface area contributed by atoms with Crippen LogP contribution >= 0.6 is 0 Å². The summed E-state index contributed by atoms with van der Waals surface area (Å²) < 4.78 is 18.4. The van der Waals surface area contributed by atoms with Crippen molar-refractivity contribution >= 4 is 11.6 Å². The summed E-state index contributed by atoms with van der Waals surface area (Å²) >= 11 is 0. The summed E-state index contributed by atoms with van der Waals surface area (Å²) in [6.07, 6.45) is 1.84. The molecule has 1 aliphatic rings. The van der Waals surface area contributed by atoms with Gasteiger partial charge in [-0.05, 0) is 48.7 Å². The molecule has 3 rings (SSSR count). The molecule has 0 bridgehead atoms. The van der Waals surface area contributed by atoms with Crippen molar-refractivity contribution in [3.05, 3.63) is 59.4 Å². The number of amides is 1. The number of fused-ring (bicyclic) bond motifs is 1. The molecule has 2 aromatic carbocycles. The summed E-state index contributed by atoms with van der Waals surface area (Å²) in [5.41, 5.74) is 2.42. The number of nitrogens with zero attached hydrogens (tertiary/aromatic N) is 1. The first kappa shape index (κ1) is 13.6. The number of carbonyl (C=O) groups is 1. The minimum atomic E-state index is -0.344. The third-order valence-corrected chi connectivity index (χ3v) is 3.74. The van der Waals surface area contributed by atoms with E-state index in [2.05, 4.69) is 0 Å². The molecule has 0 atom stereocenters. The Morgan fingerprint density at radius 1 is 1.19 bits per heavy atom. The molecule has 0 N–H and O–H groups in total. The van der Waals surface area contributed by atoms with Gasteiger partial charge >= 0.3 is 0 Å². The summed E-state index contributed by atoms with van der Waals surface area (Å²) in [5, 5.41) is 0. The van der Waals surface area contributed by atoms with Gasteiger partial charge in [0, 0.05) is 12.1 Å². The SMILES string of the molecule is COc1cccc2c1N(C(=O)c1ccc(F)cc1)CCC2. The summed E-state index contributed by atoms with van der Waals surface area (Å²) in [6.45, 7) is 0.642. The van der Waals surface area contributed by atoms with Crippen LogP contribution in [-0.4, -0.2) is 19.6 Å². The van der Waals surface area contributed by atoms with Gasteiger partial charge in [-0.1, -0.05) is 12.1 Å². The van der Waals surface area contributed by atoms with Crippen molar-refractivity contribution in [3.8, 4) is 5.75 Å². The second-order valence-electron chi connectivity index (χ2n) is 5.04. The quantitative estimate of drug-likeness (QED) is 0.846. The monoisotopic (exact) mass is 285 g/mol. The number of para-hydroxylation sites is 1. The Bertz CT molecular complexity index is 653. The molecule has 0 saturated carbocycles. The van der Waals surface area contributed by atoms with E-state index in [-0.39, 0.29) is 11.7 Å². The molecular formula is C17H16FNO2. The number of rotatable bonds is 2. The van der Waals surface area contributed by atoms with Gasteiger partial charge in [0.05, 0.1) is 12.8 Å². The lowest BCUT2D eigenvalue weighted by Gasteiger charge is -2.31. The number of anilines is 1. The number of aryl methyl sites for hydroxylation is 1. The van der Waals surface area contributed by atoms with Gasteiger partial charge in [-0.2, -0.15) is 0 Å². The lowest BCUT2D eigenvalue weighted by atomic mass is 10.00. The topological polar surface area (TPSA) is 29.5 Å². The molecule has 0 fully saturated rings. The van der Waals surface area contributed by atoms with Crippen LogP contribution in [0.4, 0.5) is 10.1 Å². The van der Waals surface area contributed by atoms with E-state index in [0.717, 1.165) is 24.1 Å². The Labute approximate surface area is 123 Å². The van der Waals surface area contributed by atoms with Crippen LogP contribution in [0.3, 0.4) is 0 Å². The van der Waals surface area contributed by atoms with Crippen molar-refractivity contribution in [2.75, 3.05) is 18.6 Å². The predicted molar refractivity (Wildman–Crippen MR) is 79.4 cm³/mol. The molecule has 3 nitrogen and oxygen atoms in total. The van der Waals surface area contributed by atoms with E-state index < -0.39 is 0 Å². The molecule has 0 unspecified atom stereocenters. The van der Waals surface area contributed by atoms with Crippen LogP contribution < -0.4 is 9.64 Å². The number of halogens is 1. The fraction of sp³-hybridized carbons (Fsp3) is 0.235. The minimum absolute atomic E-state index is 0.125. The summed E-state index contributed by atoms with van der Waals surface area (Å²) in [4.78, 5) is 14.4. The Morgan fingerprint density at radius 3 is 2.67 bits per heavy atom. The van der Waals surface area contributed by atoms with Crippen molar-refractivity contribution in [1.82, 2.24) is 0 Å². The highest BCUT2D eigenvalue weighted by Crippen LogP contribution is 2.36. The third kappa shape index (κ3) is 2.49. The standard InChI is InChI=1S/C17H16FNO2/c1-21-15-6-2-4-12-5-3-11-19(16(12)15)17(20)13-7-9-14(18)10-8-13/h2,4,6-10H,3,5,11H2,1H3. The van der Waals surface area contributed by atoms with Gasteiger partial charge in [-0.25, -0.2) is 4.39 Å². The molecule has 0 spiro atoms. The van der Waals surface area contributed by atoms with Crippen LogP contribution in [0.2, 0.25) is 0 Å². The second kappa shape index (κ2) is 5.56. The molecule has 1 amide bonds. The molecule has 21 heavy (non-hydrogen) atoms. The van der Waals surface area contributed by atoms with Gasteiger partial charge in [0.15, 0.2) is 0 Å². The number of carbonyl (C=O) groups excluding carboxylic acids is 1. The molecule has 0 saturated heterocycles. The van der Waals surface area contributed by atoms with E-state index in [0.29, 0.717) is 17.9 Å². The molecule has 4 heteroatoms. The zero-order chi connectivity index (χ0) is 14.8. The van der Waals surface area contributed by atoms with Crippen LogP contribution in [0.15, 0.2) is 42.5 Å². The van der Waals surface area contributed by atoms with E-state index in [1.54, 1.807) is 12.0 Å².